The van der Waals surface area contributed by atoms with Crippen molar-refractivity contribution >= 4 is 28.5 Å². The van der Waals surface area contributed by atoms with Gasteiger partial charge in [-0.25, -0.2) is 4.98 Å². The predicted molar refractivity (Wildman–Crippen MR) is 136 cm³/mol. The van der Waals surface area contributed by atoms with Crippen LogP contribution in [0.4, 0.5) is 0 Å². The van der Waals surface area contributed by atoms with E-state index in [9.17, 15) is 4.79 Å². The van der Waals surface area contributed by atoms with Crippen molar-refractivity contribution in [3.05, 3.63) is 83.6 Å². The highest BCUT2D eigenvalue weighted by molar-refractivity contribution is 6.30. The Morgan fingerprint density at radius 1 is 0.971 bits per heavy atom. The van der Waals surface area contributed by atoms with Gasteiger partial charge in [-0.2, -0.15) is 0 Å². The molecule has 0 aliphatic carbocycles. The van der Waals surface area contributed by atoms with Crippen molar-refractivity contribution in [2.24, 2.45) is 0 Å². The fourth-order valence-electron chi connectivity index (χ4n) is 3.72. The maximum absolute atomic E-state index is 12.1. The Labute approximate surface area is 209 Å². The third-order valence-corrected chi connectivity index (χ3v) is 5.69. The van der Waals surface area contributed by atoms with Gasteiger partial charge in [-0.05, 0) is 55.0 Å². The van der Waals surface area contributed by atoms with Crippen LogP contribution in [0.3, 0.4) is 0 Å². The minimum Gasteiger partial charge on any atom is -0.497 e. The zero-order valence-corrected chi connectivity index (χ0v) is 20.3. The first-order valence-corrected chi connectivity index (χ1v) is 11.9. The number of aromatic nitrogens is 2. The van der Waals surface area contributed by atoms with Crippen molar-refractivity contribution in [2.45, 2.75) is 19.4 Å². The Morgan fingerprint density at radius 2 is 1.77 bits per heavy atom. The number of para-hydroxylation sites is 2. The second kappa shape index (κ2) is 12.1. The number of nitrogens with zero attached hydrogens (tertiary/aromatic N) is 2. The van der Waals surface area contributed by atoms with E-state index < -0.39 is 0 Å². The molecule has 1 heterocycles. The number of ether oxygens (including phenoxy) is 3. The molecule has 1 N–H and O–H groups in total. The van der Waals surface area contributed by atoms with E-state index in [1.165, 1.54) is 0 Å². The number of fused-ring (bicyclic) bond motifs is 1. The van der Waals surface area contributed by atoms with Crippen LogP contribution in [0.25, 0.3) is 11.0 Å². The summed E-state index contributed by atoms with van der Waals surface area (Å²) < 4.78 is 18.9. The van der Waals surface area contributed by atoms with Gasteiger partial charge in [0.2, 0.25) is 0 Å². The van der Waals surface area contributed by atoms with Crippen LogP contribution >= 0.6 is 11.6 Å². The molecule has 0 fully saturated rings. The lowest BCUT2D eigenvalue weighted by atomic mass is 10.3. The molecule has 1 amide bonds. The maximum atomic E-state index is 12.1. The second-order valence-electron chi connectivity index (χ2n) is 7.89. The summed E-state index contributed by atoms with van der Waals surface area (Å²) in [5, 5.41) is 3.52. The quantitative estimate of drug-likeness (QED) is 0.284. The van der Waals surface area contributed by atoms with E-state index in [2.05, 4.69) is 16.0 Å². The van der Waals surface area contributed by atoms with E-state index in [1.54, 1.807) is 31.4 Å². The summed E-state index contributed by atoms with van der Waals surface area (Å²) in [6, 6.07) is 22.5. The molecule has 0 bridgehead atoms. The van der Waals surface area contributed by atoms with Gasteiger partial charge in [0.25, 0.3) is 5.91 Å². The van der Waals surface area contributed by atoms with E-state index in [-0.39, 0.29) is 12.5 Å². The number of amides is 1. The predicted octanol–water partition coefficient (Wildman–Crippen LogP) is 4.91. The SMILES string of the molecule is COc1cccc(OCCn2c(CCCNC(=O)COc3ccc(Cl)cc3)nc3ccccc32)c1. The highest BCUT2D eigenvalue weighted by Crippen LogP contribution is 2.20. The average Bonchev–Trinajstić information content (AvgIpc) is 3.24. The Bertz CT molecular complexity index is 1260. The van der Waals surface area contributed by atoms with Crippen LogP contribution in [0.2, 0.25) is 5.02 Å². The number of hydrogen-bond donors (Lipinski definition) is 1. The summed E-state index contributed by atoms with van der Waals surface area (Å²) in [5.74, 6) is 2.93. The molecule has 0 aliphatic heterocycles. The van der Waals surface area contributed by atoms with E-state index >= 15 is 0 Å². The van der Waals surface area contributed by atoms with Crippen molar-refractivity contribution in [3.8, 4) is 17.2 Å². The molecule has 4 rings (SSSR count). The molecule has 0 saturated heterocycles. The average molecular weight is 494 g/mol. The van der Waals surface area contributed by atoms with Crippen LogP contribution in [-0.2, 0) is 17.8 Å². The van der Waals surface area contributed by atoms with Gasteiger partial charge in [-0.3, -0.25) is 4.79 Å². The van der Waals surface area contributed by atoms with Crippen molar-refractivity contribution in [1.29, 1.82) is 0 Å². The molecule has 0 spiro atoms. The third kappa shape index (κ3) is 6.90. The lowest BCUT2D eigenvalue weighted by molar-refractivity contribution is -0.123. The van der Waals surface area contributed by atoms with E-state index in [1.807, 2.05) is 42.5 Å². The number of imidazole rings is 1. The molecule has 0 atom stereocenters. The molecule has 35 heavy (non-hydrogen) atoms. The number of benzene rings is 3. The van der Waals surface area contributed by atoms with Crippen molar-refractivity contribution in [3.63, 3.8) is 0 Å². The highest BCUT2D eigenvalue weighted by Gasteiger charge is 2.11. The van der Waals surface area contributed by atoms with Gasteiger partial charge in [-0.15, -0.1) is 0 Å². The maximum Gasteiger partial charge on any atom is 0.257 e. The Kier molecular flexibility index (Phi) is 8.46. The summed E-state index contributed by atoms with van der Waals surface area (Å²) in [7, 11) is 1.64. The Hall–Kier alpha value is -3.71. The number of methoxy groups -OCH3 is 1. The molecule has 4 aromatic rings. The first-order valence-electron chi connectivity index (χ1n) is 11.5. The normalized spacial score (nSPS) is 10.8. The Morgan fingerprint density at radius 3 is 2.60 bits per heavy atom. The monoisotopic (exact) mass is 493 g/mol. The second-order valence-corrected chi connectivity index (χ2v) is 8.33. The molecule has 3 aromatic carbocycles. The van der Waals surface area contributed by atoms with Crippen molar-refractivity contribution in [1.82, 2.24) is 14.9 Å². The van der Waals surface area contributed by atoms with Crippen LogP contribution in [-0.4, -0.2) is 42.3 Å². The van der Waals surface area contributed by atoms with Gasteiger partial charge in [-0.1, -0.05) is 29.8 Å². The number of halogens is 1. The zero-order chi connectivity index (χ0) is 24.5. The number of hydrogen-bond acceptors (Lipinski definition) is 5. The fraction of sp³-hybridized carbons (Fsp3) is 0.259. The molecule has 0 saturated carbocycles. The molecule has 8 heteroatoms. The summed E-state index contributed by atoms with van der Waals surface area (Å²) in [5.41, 5.74) is 2.02. The summed E-state index contributed by atoms with van der Waals surface area (Å²) in [6.45, 7) is 1.65. The van der Waals surface area contributed by atoms with Crippen LogP contribution < -0.4 is 19.5 Å². The van der Waals surface area contributed by atoms with Gasteiger partial charge in [0.05, 0.1) is 24.7 Å². The minimum atomic E-state index is -0.167. The fourth-order valence-corrected chi connectivity index (χ4v) is 3.84. The van der Waals surface area contributed by atoms with Crippen LogP contribution in [0.15, 0.2) is 72.8 Å². The number of carbonyl (C=O) groups is 1. The molecule has 0 unspecified atom stereocenters. The summed E-state index contributed by atoms with van der Waals surface area (Å²) in [6.07, 6.45) is 1.49. The smallest absolute Gasteiger partial charge is 0.257 e. The lowest BCUT2D eigenvalue weighted by Gasteiger charge is -2.12. The zero-order valence-electron chi connectivity index (χ0n) is 19.6. The summed E-state index contributed by atoms with van der Waals surface area (Å²) >= 11 is 5.86. The molecular weight excluding hydrogens is 466 g/mol. The minimum absolute atomic E-state index is 0.0399. The number of carbonyl (C=O) groups excluding carboxylic acids is 1. The van der Waals surface area contributed by atoms with Gasteiger partial charge < -0.3 is 24.1 Å². The first-order chi connectivity index (χ1) is 17.1. The van der Waals surface area contributed by atoms with Crippen LogP contribution in [0, 0.1) is 0 Å². The van der Waals surface area contributed by atoms with E-state index in [0.717, 1.165) is 41.2 Å². The van der Waals surface area contributed by atoms with Crippen LogP contribution in [0.5, 0.6) is 17.2 Å². The molecule has 0 radical (unpaired) electrons. The van der Waals surface area contributed by atoms with Crippen molar-refractivity contribution in [2.75, 3.05) is 26.9 Å². The summed E-state index contributed by atoms with van der Waals surface area (Å²) in [4.78, 5) is 16.9. The van der Waals surface area contributed by atoms with Gasteiger partial charge in [0.15, 0.2) is 6.61 Å². The molecular formula is C27H28ClN3O4. The molecule has 0 aliphatic rings. The largest absolute Gasteiger partial charge is 0.497 e. The van der Waals surface area contributed by atoms with E-state index in [4.69, 9.17) is 30.8 Å². The third-order valence-electron chi connectivity index (χ3n) is 5.44. The topological polar surface area (TPSA) is 74.6 Å². The van der Waals surface area contributed by atoms with Gasteiger partial charge >= 0.3 is 0 Å². The Balaban J connectivity index is 1.28. The first kappa shape index (κ1) is 24.4. The molecule has 1 aromatic heterocycles. The van der Waals surface area contributed by atoms with Gasteiger partial charge in [0.1, 0.15) is 29.7 Å². The lowest BCUT2D eigenvalue weighted by Crippen LogP contribution is -2.30. The van der Waals surface area contributed by atoms with Crippen LogP contribution in [0.1, 0.15) is 12.2 Å². The van der Waals surface area contributed by atoms with Crippen molar-refractivity contribution < 1.29 is 19.0 Å². The molecule has 182 valence electrons. The number of aryl methyl sites for hydroxylation is 1. The highest BCUT2D eigenvalue weighted by atomic mass is 35.5. The van der Waals surface area contributed by atoms with Gasteiger partial charge in [0, 0.05) is 24.1 Å². The van der Waals surface area contributed by atoms with E-state index in [0.29, 0.717) is 30.5 Å². The molecule has 7 nitrogen and oxygen atoms in total. The number of rotatable bonds is 12. The standard InChI is InChI=1S/C27H28ClN3O4/c1-33-22-6-4-7-23(18-22)34-17-16-31-25-9-3-2-8-24(25)30-26(31)10-5-15-29-27(32)19-35-21-13-11-20(28)12-14-21/h2-4,6-9,11-14,18H,5,10,15-17,19H2,1H3,(H,29,32). The number of nitrogens with one attached hydrogen (secondary N) is 1.